The number of rotatable bonds is 5. The van der Waals surface area contributed by atoms with Gasteiger partial charge in [-0.3, -0.25) is 0 Å². The predicted molar refractivity (Wildman–Crippen MR) is 70.4 cm³/mol. The van der Waals surface area contributed by atoms with E-state index in [-0.39, 0.29) is 0 Å². The molecule has 2 aliphatic rings. The fourth-order valence-electron chi connectivity index (χ4n) is 3.34. The van der Waals surface area contributed by atoms with Gasteiger partial charge in [-0.15, -0.1) is 0 Å². The molecule has 0 aromatic rings. The lowest BCUT2D eigenvalue weighted by Gasteiger charge is -2.35. The zero-order chi connectivity index (χ0) is 12.8. The largest absolute Gasteiger partial charge is 0.508 e. The van der Waals surface area contributed by atoms with Crippen LogP contribution >= 0.6 is 0 Å². The van der Waals surface area contributed by atoms with Gasteiger partial charge in [0, 0.05) is 5.92 Å². The van der Waals surface area contributed by atoms with Crippen LogP contribution in [-0.2, 0) is 9.47 Å². The lowest BCUT2D eigenvalue weighted by atomic mass is 9.75. The molecule has 1 saturated heterocycles. The Morgan fingerprint density at radius 1 is 1.00 bits per heavy atom. The van der Waals surface area contributed by atoms with Gasteiger partial charge in [0.2, 0.25) is 0 Å². The Morgan fingerprint density at radius 3 is 2.28 bits per heavy atom. The number of carbonyl (C=O) groups is 1. The summed E-state index contributed by atoms with van der Waals surface area (Å²) in [6.45, 7) is 3.41. The third-order valence-electron chi connectivity index (χ3n) is 4.60. The summed E-state index contributed by atoms with van der Waals surface area (Å²) < 4.78 is 9.98. The Morgan fingerprint density at radius 2 is 1.67 bits per heavy atom. The summed E-state index contributed by atoms with van der Waals surface area (Å²) in [7, 11) is 0. The topological polar surface area (TPSA) is 35.5 Å². The number of ether oxygens (including phenoxy) is 2. The van der Waals surface area contributed by atoms with Crippen molar-refractivity contribution in [2.24, 2.45) is 17.8 Å². The predicted octanol–water partition coefficient (Wildman–Crippen LogP) is 4.16. The van der Waals surface area contributed by atoms with Gasteiger partial charge in [0.25, 0.3) is 0 Å². The summed E-state index contributed by atoms with van der Waals surface area (Å²) in [6, 6.07) is 0. The molecular weight excluding hydrogens is 228 g/mol. The first-order valence-electron chi connectivity index (χ1n) is 7.59. The average molecular weight is 254 g/mol. The van der Waals surface area contributed by atoms with Crippen molar-refractivity contribution in [3.8, 4) is 0 Å². The molecule has 1 aliphatic heterocycles. The summed E-state index contributed by atoms with van der Waals surface area (Å²) in [5, 5.41) is 0. The van der Waals surface area contributed by atoms with Gasteiger partial charge in [-0.2, -0.15) is 0 Å². The quantitative estimate of drug-likeness (QED) is 0.546. The van der Waals surface area contributed by atoms with E-state index in [0.717, 1.165) is 5.92 Å². The summed E-state index contributed by atoms with van der Waals surface area (Å²) in [5.41, 5.74) is 0. The van der Waals surface area contributed by atoms with Gasteiger partial charge < -0.3 is 9.47 Å². The lowest BCUT2D eigenvalue weighted by molar-refractivity contribution is -0.0353. The normalized spacial score (nSPS) is 29.7. The van der Waals surface area contributed by atoms with Crippen LogP contribution in [0.5, 0.6) is 0 Å². The van der Waals surface area contributed by atoms with Gasteiger partial charge in [-0.05, 0) is 24.7 Å². The number of unbranched alkanes of at least 4 members (excludes halogenated alkanes) is 2. The van der Waals surface area contributed by atoms with E-state index in [1.165, 1.54) is 51.4 Å². The van der Waals surface area contributed by atoms with Crippen molar-refractivity contribution in [1.29, 1.82) is 0 Å². The van der Waals surface area contributed by atoms with Crippen molar-refractivity contribution in [1.82, 2.24) is 0 Å². The minimum absolute atomic E-state index is 0.444. The van der Waals surface area contributed by atoms with Crippen LogP contribution in [0.4, 0.5) is 4.79 Å². The summed E-state index contributed by atoms with van der Waals surface area (Å²) in [5.74, 6) is 2.10. The van der Waals surface area contributed by atoms with Crippen LogP contribution in [0.15, 0.2) is 0 Å². The van der Waals surface area contributed by atoms with E-state index >= 15 is 0 Å². The molecule has 0 amide bonds. The molecule has 1 heterocycles. The molecule has 0 unspecified atom stereocenters. The summed E-state index contributed by atoms with van der Waals surface area (Å²) >= 11 is 0. The lowest BCUT2D eigenvalue weighted by Crippen LogP contribution is -2.34. The maximum Gasteiger partial charge on any atom is 0.508 e. The second-order valence-corrected chi connectivity index (χ2v) is 5.91. The van der Waals surface area contributed by atoms with Crippen molar-refractivity contribution in [3.63, 3.8) is 0 Å². The van der Waals surface area contributed by atoms with E-state index in [9.17, 15) is 4.79 Å². The van der Waals surface area contributed by atoms with Gasteiger partial charge >= 0.3 is 6.16 Å². The van der Waals surface area contributed by atoms with Gasteiger partial charge in [0.1, 0.15) is 13.2 Å². The highest BCUT2D eigenvalue weighted by Crippen LogP contribution is 2.36. The molecule has 3 nitrogen and oxygen atoms in total. The molecule has 0 spiro atoms. The number of hydrogen-bond acceptors (Lipinski definition) is 3. The molecule has 0 N–H and O–H groups in total. The monoisotopic (exact) mass is 254 g/mol. The molecule has 1 saturated carbocycles. The van der Waals surface area contributed by atoms with E-state index in [4.69, 9.17) is 9.47 Å². The third-order valence-corrected chi connectivity index (χ3v) is 4.60. The maximum absolute atomic E-state index is 10.8. The van der Waals surface area contributed by atoms with Gasteiger partial charge in [0.05, 0.1) is 0 Å². The van der Waals surface area contributed by atoms with Crippen LogP contribution in [0.2, 0.25) is 0 Å². The molecule has 0 aromatic heterocycles. The van der Waals surface area contributed by atoms with E-state index in [0.29, 0.717) is 25.0 Å². The van der Waals surface area contributed by atoms with E-state index in [2.05, 4.69) is 6.92 Å². The Labute approximate surface area is 110 Å². The van der Waals surface area contributed by atoms with Crippen molar-refractivity contribution in [2.45, 2.75) is 58.3 Å². The van der Waals surface area contributed by atoms with Crippen LogP contribution in [0.3, 0.4) is 0 Å². The Bertz CT molecular complexity index is 246. The molecule has 0 radical (unpaired) electrons. The molecule has 0 atom stereocenters. The van der Waals surface area contributed by atoms with Crippen LogP contribution in [-0.4, -0.2) is 19.4 Å². The minimum atomic E-state index is -0.487. The molecule has 1 aliphatic carbocycles. The Kier molecular flexibility index (Phi) is 5.33. The molecule has 2 fully saturated rings. The number of hydrogen-bond donors (Lipinski definition) is 0. The van der Waals surface area contributed by atoms with Crippen molar-refractivity contribution in [2.75, 3.05) is 13.2 Å². The third kappa shape index (κ3) is 3.89. The van der Waals surface area contributed by atoms with E-state index in [1.807, 2.05) is 0 Å². The molecule has 0 aromatic carbocycles. The van der Waals surface area contributed by atoms with Crippen LogP contribution in [0, 0.1) is 17.8 Å². The SMILES string of the molecule is CCCCC[C@H]1CC[C@H](C2COC(=O)OC2)CC1. The highest BCUT2D eigenvalue weighted by molar-refractivity contribution is 5.60. The second kappa shape index (κ2) is 7.01. The smallest absolute Gasteiger partial charge is 0.434 e. The molecule has 0 bridgehead atoms. The van der Waals surface area contributed by atoms with E-state index in [1.54, 1.807) is 0 Å². The summed E-state index contributed by atoms with van der Waals surface area (Å²) in [6.07, 6.45) is 10.3. The van der Waals surface area contributed by atoms with Crippen LogP contribution < -0.4 is 0 Å². The van der Waals surface area contributed by atoms with Gasteiger partial charge in [-0.1, -0.05) is 45.4 Å². The number of cyclic esters (lactones) is 2. The van der Waals surface area contributed by atoms with Crippen molar-refractivity contribution >= 4 is 6.16 Å². The van der Waals surface area contributed by atoms with Crippen molar-refractivity contribution < 1.29 is 14.3 Å². The molecule has 2 rings (SSSR count). The minimum Gasteiger partial charge on any atom is -0.434 e. The Hall–Kier alpha value is -0.730. The molecule has 18 heavy (non-hydrogen) atoms. The zero-order valence-electron chi connectivity index (χ0n) is 11.5. The maximum atomic E-state index is 10.8. The first-order chi connectivity index (χ1) is 8.79. The number of carbonyl (C=O) groups excluding carboxylic acids is 1. The standard InChI is InChI=1S/C15H26O3/c1-2-3-4-5-12-6-8-13(9-7-12)14-10-17-15(16)18-11-14/h12-14H,2-11H2,1H3/t12-,13-. The fourth-order valence-corrected chi connectivity index (χ4v) is 3.34. The zero-order valence-corrected chi connectivity index (χ0v) is 11.5. The highest BCUT2D eigenvalue weighted by atomic mass is 16.7. The fraction of sp³-hybridized carbons (Fsp3) is 0.933. The average Bonchev–Trinajstić information content (AvgIpc) is 2.41. The van der Waals surface area contributed by atoms with Gasteiger partial charge in [0.15, 0.2) is 0 Å². The first kappa shape index (κ1) is 13.7. The van der Waals surface area contributed by atoms with E-state index < -0.39 is 6.16 Å². The van der Waals surface area contributed by atoms with Crippen LogP contribution in [0.1, 0.15) is 58.3 Å². The van der Waals surface area contributed by atoms with Crippen LogP contribution in [0.25, 0.3) is 0 Å². The molecule has 3 heteroatoms. The Balaban J connectivity index is 1.65. The van der Waals surface area contributed by atoms with Crippen molar-refractivity contribution in [3.05, 3.63) is 0 Å². The first-order valence-corrected chi connectivity index (χ1v) is 7.59. The summed E-state index contributed by atoms with van der Waals surface area (Å²) in [4.78, 5) is 10.8. The molecule has 104 valence electrons. The molecular formula is C15H26O3. The highest BCUT2D eigenvalue weighted by Gasteiger charge is 2.31. The second-order valence-electron chi connectivity index (χ2n) is 5.91. The van der Waals surface area contributed by atoms with Gasteiger partial charge in [-0.25, -0.2) is 4.79 Å².